The van der Waals surface area contributed by atoms with Crippen molar-refractivity contribution in [3.63, 3.8) is 0 Å². The van der Waals surface area contributed by atoms with Gasteiger partial charge < -0.3 is 4.74 Å². The molecule has 0 radical (unpaired) electrons. The first kappa shape index (κ1) is 16.0. The molecule has 0 N–H and O–H groups in total. The number of hydrogen-bond donors (Lipinski definition) is 0. The first-order chi connectivity index (χ1) is 9.88. The monoisotopic (exact) mass is 294 g/mol. The second-order valence-electron chi connectivity index (χ2n) is 6.73. The third-order valence-electron chi connectivity index (χ3n) is 4.66. The van der Waals surface area contributed by atoms with Gasteiger partial charge in [0, 0.05) is 19.9 Å². The molecular weight excluding hydrogens is 268 g/mol. The van der Waals surface area contributed by atoms with Crippen LogP contribution in [0.4, 0.5) is 0 Å². The Balaban J connectivity index is 2.03. The number of amides is 1. The molecule has 0 spiro atoms. The molecule has 0 aromatic rings. The van der Waals surface area contributed by atoms with Crippen molar-refractivity contribution < 1.29 is 14.3 Å². The molecule has 0 aromatic heterocycles. The van der Waals surface area contributed by atoms with Crippen LogP contribution in [-0.4, -0.2) is 35.7 Å². The van der Waals surface area contributed by atoms with Gasteiger partial charge in [-0.15, -0.1) is 0 Å². The lowest BCUT2D eigenvalue weighted by atomic mass is 9.75. The molecule has 2 rings (SSSR count). The third kappa shape index (κ3) is 3.83. The fourth-order valence-electron chi connectivity index (χ4n) is 3.27. The van der Waals surface area contributed by atoms with E-state index >= 15 is 0 Å². The molecule has 0 saturated heterocycles. The summed E-state index contributed by atoms with van der Waals surface area (Å²) in [7, 11) is 1.58. The molecule has 2 aliphatic rings. The van der Waals surface area contributed by atoms with Crippen LogP contribution in [0, 0.1) is 17.8 Å². The van der Waals surface area contributed by atoms with Gasteiger partial charge in [-0.05, 0) is 30.6 Å². The van der Waals surface area contributed by atoms with E-state index in [2.05, 4.69) is 25.9 Å². The first-order valence-electron chi connectivity index (χ1n) is 7.93. The van der Waals surface area contributed by atoms with E-state index in [-0.39, 0.29) is 18.0 Å². The lowest BCUT2D eigenvalue weighted by molar-refractivity contribution is -0.147. The number of hydrogen-bond acceptors (Lipinski definition) is 4. The van der Waals surface area contributed by atoms with Crippen molar-refractivity contribution in [1.82, 2.24) is 5.01 Å². The zero-order chi connectivity index (χ0) is 15.6. The molecule has 0 aromatic carbocycles. The van der Waals surface area contributed by atoms with E-state index in [9.17, 15) is 9.59 Å². The van der Waals surface area contributed by atoms with E-state index < -0.39 is 0 Å². The van der Waals surface area contributed by atoms with Crippen LogP contribution in [0.25, 0.3) is 0 Å². The minimum atomic E-state index is -0.348. The molecule has 1 aliphatic carbocycles. The van der Waals surface area contributed by atoms with E-state index in [1.54, 1.807) is 7.05 Å². The standard InChI is InChI=1S/C16H26N2O3/c1-10(2)12-6-5-11(3)9-14(12)21-16(20)13-7-8-15(19)18(4)17-13/h10-12,14H,5-9H2,1-4H3. The van der Waals surface area contributed by atoms with Gasteiger partial charge in [-0.1, -0.05) is 27.2 Å². The highest BCUT2D eigenvalue weighted by atomic mass is 16.5. The summed E-state index contributed by atoms with van der Waals surface area (Å²) in [6, 6.07) is 0. The molecule has 5 nitrogen and oxygen atoms in total. The molecular formula is C16H26N2O3. The molecule has 3 unspecified atom stereocenters. The van der Waals surface area contributed by atoms with Crippen molar-refractivity contribution in [3.8, 4) is 0 Å². The largest absolute Gasteiger partial charge is 0.458 e. The van der Waals surface area contributed by atoms with Crippen LogP contribution < -0.4 is 0 Å². The summed E-state index contributed by atoms with van der Waals surface area (Å²) in [5, 5.41) is 5.28. The van der Waals surface area contributed by atoms with E-state index in [1.807, 2.05) is 0 Å². The van der Waals surface area contributed by atoms with Crippen LogP contribution in [0.3, 0.4) is 0 Å². The zero-order valence-electron chi connectivity index (χ0n) is 13.5. The molecule has 1 heterocycles. The smallest absolute Gasteiger partial charge is 0.354 e. The SMILES string of the molecule is CC1CCC(C(C)C)C(OC(=O)C2=NN(C)C(=O)CC2)C1. The van der Waals surface area contributed by atoms with Gasteiger partial charge in [-0.2, -0.15) is 5.10 Å². The Labute approximate surface area is 126 Å². The second kappa shape index (κ2) is 6.58. The Hall–Kier alpha value is -1.39. The van der Waals surface area contributed by atoms with E-state index in [0.29, 0.717) is 36.3 Å². The van der Waals surface area contributed by atoms with Gasteiger partial charge in [0.2, 0.25) is 5.91 Å². The molecule has 0 bridgehead atoms. The minimum Gasteiger partial charge on any atom is -0.458 e. The van der Waals surface area contributed by atoms with Crippen LogP contribution in [0.5, 0.6) is 0 Å². The lowest BCUT2D eigenvalue weighted by Crippen LogP contribution is -2.39. The first-order valence-corrected chi connectivity index (χ1v) is 7.93. The molecule has 1 fully saturated rings. The third-order valence-corrected chi connectivity index (χ3v) is 4.66. The van der Waals surface area contributed by atoms with Crippen LogP contribution in [0.2, 0.25) is 0 Å². The van der Waals surface area contributed by atoms with Crippen LogP contribution in [0.15, 0.2) is 5.10 Å². The number of esters is 1. The number of ether oxygens (including phenoxy) is 1. The second-order valence-corrected chi connectivity index (χ2v) is 6.73. The summed E-state index contributed by atoms with van der Waals surface area (Å²) in [5.74, 6) is 1.12. The topological polar surface area (TPSA) is 59.0 Å². The predicted molar refractivity (Wildman–Crippen MR) is 80.7 cm³/mol. The van der Waals surface area contributed by atoms with Gasteiger partial charge >= 0.3 is 5.97 Å². The fraction of sp³-hybridized carbons (Fsp3) is 0.812. The summed E-state index contributed by atoms with van der Waals surface area (Å²) in [4.78, 5) is 23.7. The number of carbonyl (C=O) groups excluding carboxylic acids is 2. The maximum atomic E-state index is 12.3. The van der Waals surface area contributed by atoms with Gasteiger partial charge in [0.15, 0.2) is 0 Å². The molecule has 118 valence electrons. The summed E-state index contributed by atoms with van der Waals surface area (Å²) >= 11 is 0. The van der Waals surface area contributed by atoms with Gasteiger partial charge in [0.05, 0.1) is 0 Å². The summed E-state index contributed by atoms with van der Waals surface area (Å²) in [6.45, 7) is 6.58. The van der Waals surface area contributed by atoms with E-state index in [0.717, 1.165) is 12.8 Å². The minimum absolute atomic E-state index is 0.0214. The summed E-state index contributed by atoms with van der Waals surface area (Å²) < 4.78 is 5.75. The van der Waals surface area contributed by atoms with Crippen molar-refractivity contribution in [2.45, 2.75) is 59.0 Å². The van der Waals surface area contributed by atoms with Crippen molar-refractivity contribution in [3.05, 3.63) is 0 Å². The zero-order valence-corrected chi connectivity index (χ0v) is 13.5. The van der Waals surface area contributed by atoms with Crippen molar-refractivity contribution in [1.29, 1.82) is 0 Å². The Bertz CT molecular complexity index is 445. The highest BCUT2D eigenvalue weighted by Gasteiger charge is 2.35. The van der Waals surface area contributed by atoms with Crippen LogP contribution in [-0.2, 0) is 14.3 Å². The number of rotatable bonds is 3. The number of carbonyl (C=O) groups is 2. The van der Waals surface area contributed by atoms with Crippen molar-refractivity contribution in [2.75, 3.05) is 7.05 Å². The quantitative estimate of drug-likeness (QED) is 0.752. The van der Waals surface area contributed by atoms with Crippen molar-refractivity contribution >= 4 is 17.6 Å². The van der Waals surface area contributed by atoms with Gasteiger partial charge in [-0.25, -0.2) is 9.80 Å². The fourth-order valence-corrected chi connectivity index (χ4v) is 3.27. The van der Waals surface area contributed by atoms with Crippen molar-refractivity contribution in [2.24, 2.45) is 22.9 Å². The summed E-state index contributed by atoms with van der Waals surface area (Å²) in [5.41, 5.74) is 0.373. The van der Waals surface area contributed by atoms with E-state index in [4.69, 9.17) is 4.74 Å². The average Bonchev–Trinajstić information content (AvgIpc) is 2.41. The molecule has 1 saturated carbocycles. The Morgan fingerprint density at radius 2 is 2.05 bits per heavy atom. The van der Waals surface area contributed by atoms with Gasteiger partial charge in [0.1, 0.15) is 11.8 Å². The Morgan fingerprint density at radius 1 is 1.33 bits per heavy atom. The maximum Gasteiger partial charge on any atom is 0.354 e. The maximum absolute atomic E-state index is 12.3. The molecule has 21 heavy (non-hydrogen) atoms. The van der Waals surface area contributed by atoms with E-state index in [1.165, 1.54) is 11.4 Å². The normalized spacial score (nSPS) is 30.3. The summed E-state index contributed by atoms with van der Waals surface area (Å²) in [6.07, 6.45) is 3.94. The molecule has 1 aliphatic heterocycles. The molecule has 1 amide bonds. The highest BCUT2D eigenvalue weighted by Crippen LogP contribution is 2.35. The highest BCUT2D eigenvalue weighted by molar-refractivity contribution is 6.37. The van der Waals surface area contributed by atoms with Crippen LogP contribution >= 0.6 is 0 Å². The Morgan fingerprint density at radius 3 is 2.67 bits per heavy atom. The Kier molecular flexibility index (Phi) is 5.01. The molecule has 5 heteroatoms. The van der Waals surface area contributed by atoms with Crippen LogP contribution in [0.1, 0.15) is 52.9 Å². The molecule has 3 atom stereocenters. The lowest BCUT2D eigenvalue weighted by Gasteiger charge is -2.36. The predicted octanol–water partition coefficient (Wildman–Crippen LogP) is 2.60. The van der Waals surface area contributed by atoms with Gasteiger partial charge in [0.25, 0.3) is 0 Å². The number of hydrazone groups is 1. The average molecular weight is 294 g/mol. The number of nitrogens with zero attached hydrogens (tertiary/aromatic N) is 2. The van der Waals surface area contributed by atoms with Gasteiger partial charge in [-0.3, -0.25) is 4.79 Å².